The predicted molar refractivity (Wildman–Crippen MR) is 69.3 cm³/mol. The lowest BCUT2D eigenvalue weighted by Gasteiger charge is -2.18. The van der Waals surface area contributed by atoms with Crippen LogP contribution in [0.4, 0.5) is 0 Å². The third kappa shape index (κ3) is 4.59. The number of hydrogen-bond donors (Lipinski definition) is 1. The first-order valence-electron chi connectivity index (χ1n) is 5.33. The molecule has 0 spiro atoms. The highest BCUT2D eigenvalue weighted by Gasteiger charge is 2.09. The molecule has 0 aliphatic carbocycles. The maximum absolute atomic E-state index is 10.7. The van der Waals surface area contributed by atoms with Crippen LogP contribution >= 0.6 is 11.6 Å². The normalized spacial score (nSPS) is 10.5. The van der Waals surface area contributed by atoms with E-state index in [1.807, 2.05) is 25.1 Å². The first-order chi connectivity index (χ1) is 8.02. The molecule has 4 heteroatoms. The Morgan fingerprint density at radius 3 is 2.82 bits per heavy atom. The first-order valence-corrected chi connectivity index (χ1v) is 5.70. The largest absolute Gasteiger partial charge is 0.480 e. The minimum Gasteiger partial charge on any atom is -0.480 e. The zero-order chi connectivity index (χ0) is 12.8. The van der Waals surface area contributed by atoms with Crippen LogP contribution in [0, 0.1) is 6.92 Å². The van der Waals surface area contributed by atoms with Gasteiger partial charge in [-0.05, 0) is 24.1 Å². The number of aliphatic carboxylic acids is 1. The summed E-state index contributed by atoms with van der Waals surface area (Å²) in [6.45, 7) is 6.65. The van der Waals surface area contributed by atoms with Gasteiger partial charge in [-0.1, -0.05) is 29.8 Å². The van der Waals surface area contributed by atoms with Gasteiger partial charge in [-0.25, -0.2) is 0 Å². The summed E-state index contributed by atoms with van der Waals surface area (Å²) in [5.74, 6) is -0.843. The molecule has 0 radical (unpaired) electrons. The molecule has 0 amide bonds. The summed E-state index contributed by atoms with van der Waals surface area (Å²) < 4.78 is 0. The third-order valence-corrected chi connectivity index (χ3v) is 2.80. The van der Waals surface area contributed by atoms with E-state index in [-0.39, 0.29) is 6.54 Å². The van der Waals surface area contributed by atoms with Gasteiger partial charge in [-0.2, -0.15) is 0 Å². The number of carbonyl (C=O) groups is 1. The molecule has 17 heavy (non-hydrogen) atoms. The van der Waals surface area contributed by atoms with Crippen molar-refractivity contribution in [2.45, 2.75) is 13.5 Å². The van der Waals surface area contributed by atoms with Gasteiger partial charge in [-0.15, -0.1) is 6.58 Å². The molecular formula is C13H16ClNO2. The second-order valence-corrected chi connectivity index (χ2v) is 4.34. The van der Waals surface area contributed by atoms with E-state index in [2.05, 4.69) is 6.58 Å². The van der Waals surface area contributed by atoms with Crippen LogP contribution in [0.25, 0.3) is 0 Å². The lowest BCUT2D eigenvalue weighted by atomic mass is 10.1. The Morgan fingerprint density at radius 2 is 2.29 bits per heavy atom. The van der Waals surface area contributed by atoms with E-state index in [1.54, 1.807) is 11.0 Å². The molecule has 0 unspecified atom stereocenters. The fourth-order valence-electron chi connectivity index (χ4n) is 1.55. The van der Waals surface area contributed by atoms with Gasteiger partial charge >= 0.3 is 5.97 Å². The number of carboxylic acids is 1. The van der Waals surface area contributed by atoms with Crippen molar-refractivity contribution in [1.82, 2.24) is 4.90 Å². The van der Waals surface area contributed by atoms with Crippen LogP contribution in [-0.2, 0) is 11.3 Å². The Balaban J connectivity index is 2.74. The number of halogens is 1. The molecule has 1 rings (SSSR count). The standard InChI is InChI=1S/C13H16ClNO2/c1-3-6-15(9-13(16)17)8-11-5-4-10(2)12(14)7-11/h3-5,7H,1,6,8-9H2,2H3,(H,16,17). The monoisotopic (exact) mass is 253 g/mol. The van der Waals surface area contributed by atoms with E-state index in [1.165, 1.54) is 0 Å². The molecule has 0 aromatic heterocycles. The van der Waals surface area contributed by atoms with Crippen molar-refractivity contribution in [1.29, 1.82) is 0 Å². The molecular weight excluding hydrogens is 238 g/mol. The molecule has 0 saturated heterocycles. The first kappa shape index (κ1) is 13.7. The van der Waals surface area contributed by atoms with Crippen molar-refractivity contribution in [3.05, 3.63) is 47.0 Å². The number of aryl methyl sites for hydroxylation is 1. The van der Waals surface area contributed by atoms with Crippen molar-refractivity contribution < 1.29 is 9.90 Å². The number of nitrogens with zero attached hydrogens (tertiary/aromatic N) is 1. The smallest absolute Gasteiger partial charge is 0.317 e. The second kappa shape index (κ2) is 6.42. The minimum absolute atomic E-state index is 0.00246. The molecule has 0 bridgehead atoms. The quantitative estimate of drug-likeness (QED) is 0.793. The van der Waals surface area contributed by atoms with Gasteiger partial charge in [-0.3, -0.25) is 9.69 Å². The van der Waals surface area contributed by atoms with Gasteiger partial charge in [0.2, 0.25) is 0 Å². The van der Waals surface area contributed by atoms with Gasteiger partial charge in [0, 0.05) is 18.1 Å². The van der Waals surface area contributed by atoms with Gasteiger partial charge in [0.1, 0.15) is 0 Å². The van der Waals surface area contributed by atoms with Crippen LogP contribution in [0.3, 0.4) is 0 Å². The van der Waals surface area contributed by atoms with Crippen LogP contribution in [0.15, 0.2) is 30.9 Å². The average molecular weight is 254 g/mol. The molecule has 3 nitrogen and oxygen atoms in total. The van der Waals surface area contributed by atoms with Crippen molar-refractivity contribution in [2.75, 3.05) is 13.1 Å². The number of hydrogen-bond acceptors (Lipinski definition) is 2. The van der Waals surface area contributed by atoms with Crippen LogP contribution in [0.5, 0.6) is 0 Å². The van der Waals surface area contributed by atoms with Crippen LogP contribution in [0.2, 0.25) is 5.02 Å². The average Bonchev–Trinajstić information content (AvgIpc) is 2.23. The highest BCUT2D eigenvalue weighted by atomic mass is 35.5. The maximum atomic E-state index is 10.7. The van der Waals surface area contributed by atoms with Crippen LogP contribution in [-0.4, -0.2) is 29.1 Å². The van der Waals surface area contributed by atoms with E-state index in [9.17, 15) is 4.79 Å². The number of carboxylic acid groups (broad SMARTS) is 1. The van der Waals surface area contributed by atoms with E-state index < -0.39 is 5.97 Å². The van der Waals surface area contributed by atoms with Gasteiger partial charge in [0.05, 0.1) is 6.54 Å². The summed E-state index contributed by atoms with van der Waals surface area (Å²) in [7, 11) is 0. The fraction of sp³-hybridized carbons (Fsp3) is 0.308. The summed E-state index contributed by atoms with van der Waals surface area (Å²) >= 11 is 6.03. The molecule has 0 aliphatic rings. The summed E-state index contributed by atoms with van der Waals surface area (Å²) in [6.07, 6.45) is 1.69. The zero-order valence-corrected chi connectivity index (χ0v) is 10.6. The van der Waals surface area contributed by atoms with Crippen LogP contribution < -0.4 is 0 Å². The topological polar surface area (TPSA) is 40.5 Å². The highest BCUT2D eigenvalue weighted by molar-refractivity contribution is 6.31. The van der Waals surface area contributed by atoms with Crippen molar-refractivity contribution in [3.8, 4) is 0 Å². The Bertz CT molecular complexity index is 418. The Morgan fingerprint density at radius 1 is 1.59 bits per heavy atom. The second-order valence-electron chi connectivity index (χ2n) is 3.94. The molecule has 0 atom stereocenters. The fourth-order valence-corrected chi connectivity index (χ4v) is 1.75. The summed E-state index contributed by atoms with van der Waals surface area (Å²) in [6, 6.07) is 5.76. The number of benzene rings is 1. The Labute approximate surface area is 106 Å². The summed E-state index contributed by atoms with van der Waals surface area (Å²) in [5.41, 5.74) is 2.02. The number of rotatable bonds is 6. The summed E-state index contributed by atoms with van der Waals surface area (Å²) in [5, 5.41) is 9.49. The molecule has 0 heterocycles. The third-order valence-electron chi connectivity index (χ3n) is 2.39. The van der Waals surface area contributed by atoms with E-state index >= 15 is 0 Å². The molecule has 0 aliphatic heterocycles. The van der Waals surface area contributed by atoms with Crippen molar-refractivity contribution in [2.24, 2.45) is 0 Å². The molecule has 92 valence electrons. The van der Waals surface area contributed by atoms with E-state index in [0.29, 0.717) is 18.1 Å². The maximum Gasteiger partial charge on any atom is 0.317 e. The molecule has 0 fully saturated rings. The van der Waals surface area contributed by atoms with Gasteiger partial charge in [0.15, 0.2) is 0 Å². The van der Waals surface area contributed by atoms with E-state index in [0.717, 1.165) is 11.1 Å². The minimum atomic E-state index is -0.843. The predicted octanol–water partition coefficient (Wildman–Crippen LogP) is 2.72. The molecule has 1 aromatic rings. The van der Waals surface area contributed by atoms with Crippen LogP contribution in [0.1, 0.15) is 11.1 Å². The lowest BCUT2D eigenvalue weighted by Crippen LogP contribution is -2.29. The van der Waals surface area contributed by atoms with Crippen molar-refractivity contribution >= 4 is 17.6 Å². The molecule has 1 aromatic carbocycles. The highest BCUT2D eigenvalue weighted by Crippen LogP contribution is 2.17. The molecule has 1 N–H and O–H groups in total. The van der Waals surface area contributed by atoms with Crippen molar-refractivity contribution in [3.63, 3.8) is 0 Å². The Hall–Kier alpha value is -1.32. The molecule has 0 saturated carbocycles. The Kier molecular flexibility index (Phi) is 5.19. The van der Waals surface area contributed by atoms with E-state index in [4.69, 9.17) is 16.7 Å². The van der Waals surface area contributed by atoms with Gasteiger partial charge in [0.25, 0.3) is 0 Å². The summed E-state index contributed by atoms with van der Waals surface area (Å²) in [4.78, 5) is 12.5. The SMILES string of the molecule is C=CCN(CC(=O)O)Cc1ccc(C)c(Cl)c1. The zero-order valence-electron chi connectivity index (χ0n) is 9.82. The lowest BCUT2D eigenvalue weighted by molar-refractivity contribution is -0.138. The van der Waals surface area contributed by atoms with Gasteiger partial charge < -0.3 is 5.11 Å².